The molecule has 7 heteroatoms. The van der Waals surface area contributed by atoms with E-state index < -0.39 is 6.61 Å². The van der Waals surface area contributed by atoms with E-state index in [2.05, 4.69) is 20.4 Å². The average Bonchev–Trinajstić information content (AvgIpc) is 2.85. The van der Waals surface area contributed by atoms with Crippen molar-refractivity contribution in [3.05, 3.63) is 36.2 Å². The van der Waals surface area contributed by atoms with Gasteiger partial charge in [0.15, 0.2) is 0 Å². The minimum atomic E-state index is -2.82. The maximum Gasteiger partial charge on any atom is 0.387 e. The molecule has 0 unspecified atom stereocenters. The highest BCUT2D eigenvalue weighted by Gasteiger charge is 2.06. The van der Waals surface area contributed by atoms with Crippen LogP contribution in [0.5, 0.6) is 5.75 Å². The Kier molecular flexibility index (Phi) is 4.62. The fraction of sp³-hybridized carbons (Fsp3) is 0.385. The fourth-order valence-electron chi connectivity index (χ4n) is 1.59. The highest BCUT2D eigenvalue weighted by Crippen LogP contribution is 2.16. The monoisotopic (exact) mass is 282 g/mol. The van der Waals surface area contributed by atoms with Crippen molar-refractivity contribution in [2.45, 2.75) is 33.0 Å². The average molecular weight is 282 g/mol. The first-order valence-electron chi connectivity index (χ1n) is 6.24. The van der Waals surface area contributed by atoms with Gasteiger partial charge < -0.3 is 10.1 Å². The molecule has 1 heterocycles. The summed E-state index contributed by atoms with van der Waals surface area (Å²) in [4.78, 5) is 0. The number of ether oxygens (including phenoxy) is 1. The quantitative estimate of drug-likeness (QED) is 0.883. The third-order valence-electron chi connectivity index (χ3n) is 2.56. The van der Waals surface area contributed by atoms with E-state index >= 15 is 0 Å². The lowest BCUT2D eigenvalue weighted by atomic mass is 10.3. The van der Waals surface area contributed by atoms with Gasteiger partial charge in [-0.1, -0.05) is 19.1 Å². The van der Waals surface area contributed by atoms with Gasteiger partial charge in [0.2, 0.25) is 0 Å². The lowest BCUT2D eigenvalue weighted by Crippen LogP contribution is -2.21. The molecule has 0 aliphatic heterocycles. The van der Waals surface area contributed by atoms with Crippen LogP contribution in [0.4, 0.5) is 8.78 Å². The number of aromatic nitrogens is 3. The van der Waals surface area contributed by atoms with Crippen LogP contribution in [0.1, 0.15) is 19.5 Å². The molecule has 0 saturated heterocycles. The lowest BCUT2D eigenvalue weighted by molar-refractivity contribution is -0.0498. The first-order chi connectivity index (χ1) is 9.54. The molecule has 2 rings (SSSR count). The van der Waals surface area contributed by atoms with Gasteiger partial charge in [-0.2, -0.15) is 8.78 Å². The van der Waals surface area contributed by atoms with Crippen molar-refractivity contribution < 1.29 is 13.5 Å². The number of halogens is 2. The van der Waals surface area contributed by atoms with Gasteiger partial charge in [-0.3, -0.25) is 0 Å². The van der Waals surface area contributed by atoms with E-state index in [-0.39, 0.29) is 5.75 Å². The zero-order valence-corrected chi connectivity index (χ0v) is 11.3. The number of benzene rings is 1. The van der Waals surface area contributed by atoms with Gasteiger partial charge in [0.25, 0.3) is 0 Å². The van der Waals surface area contributed by atoms with Gasteiger partial charge in [0, 0.05) is 12.6 Å². The number of hydrogen-bond donors (Lipinski definition) is 1. The van der Waals surface area contributed by atoms with E-state index in [4.69, 9.17) is 0 Å². The summed E-state index contributed by atoms with van der Waals surface area (Å²) < 4.78 is 30.0. The molecule has 0 fully saturated rings. The highest BCUT2D eigenvalue weighted by molar-refractivity contribution is 5.36. The number of nitrogens with one attached hydrogen (secondary N) is 1. The van der Waals surface area contributed by atoms with Crippen LogP contribution < -0.4 is 10.1 Å². The van der Waals surface area contributed by atoms with Gasteiger partial charge >= 0.3 is 6.61 Å². The first kappa shape index (κ1) is 14.4. The Balaban J connectivity index is 2.04. The second kappa shape index (κ2) is 6.42. The predicted molar refractivity (Wildman–Crippen MR) is 70.0 cm³/mol. The molecule has 0 bridgehead atoms. The molecule has 20 heavy (non-hydrogen) atoms. The van der Waals surface area contributed by atoms with Gasteiger partial charge in [0.05, 0.1) is 17.6 Å². The van der Waals surface area contributed by atoms with Crippen LogP contribution in [0.3, 0.4) is 0 Å². The SMILES string of the molecule is CC(C)NCc1cn(-c2ccc(OC(F)F)cc2)nn1. The summed E-state index contributed by atoms with van der Waals surface area (Å²) in [6, 6.07) is 6.59. The van der Waals surface area contributed by atoms with E-state index in [0.29, 0.717) is 12.6 Å². The van der Waals surface area contributed by atoms with Crippen LogP contribution in [0.15, 0.2) is 30.5 Å². The van der Waals surface area contributed by atoms with Crippen molar-refractivity contribution in [3.8, 4) is 11.4 Å². The summed E-state index contributed by atoms with van der Waals surface area (Å²) in [6.45, 7) is 1.91. The molecule has 1 aromatic heterocycles. The molecule has 0 atom stereocenters. The summed E-state index contributed by atoms with van der Waals surface area (Å²) in [6.07, 6.45) is 1.79. The Bertz CT molecular complexity index is 540. The maximum absolute atomic E-state index is 12.0. The summed E-state index contributed by atoms with van der Waals surface area (Å²) >= 11 is 0. The Morgan fingerprint density at radius 3 is 2.55 bits per heavy atom. The summed E-state index contributed by atoms with van der Waals surface area (Å²) in [5.41, 5.74) is 1.54. The number of alkyl halides is 2. The van der Waals surface area contributed by atoms with Crippen LogP contribution >= 0.6 is 0 Å². The van der Waals surface area contributed by atoms with E-state index in [1.54, 1.807) is 23.0 Å². The molecular formula is C13H16F2N4O. The highest BCUT2D eigenvalue weighted by atomic mass is 19.3. The third-order valence-corrected chi connectivity index (χ3v) is 2.56. The second-order valence-corrected chi connectivity index (χ2v) is 4.56. The zero-order chi connectivity index (χ0) is 14.5. The van der Waals surface area contributed by atoms with Crippen LogP contribution in [0.2, 0.25) is 0 Å². The molecule has 108 valence electrons. The molecule has 0 saturated carbocycles. The Hall–Kier alpha value is -2.02. The maximum atomic E-state index is 12.0. The van der Waals surface area contributed by atoms with Crippen LogP contribution in [0, 0.1) is 0 Å². The van der Waals surface area contributed by atoms with E-state index in [0.717, 1.165) is 11.4 Å². The summed E-state index contributed by atoms with van der Waals surface area (Å²) in [5.74, 6) is 0.116. The molecule has 0 spiro atoms. The molecule has 0 aliphatic carbocycles. The van der Waals surface area contributed by atoms with Crippen molar-refractivity contribution in [1.29, 1.82) is 0 Å². The number of nitrogens with zero attached hydrogens (tertiary/aromatic N) is 3. The molecule has 1 N–H and O–H groups in total. The van der Waals surface area contributed by atoms with Crippen molar-refractivity contribution in [2.75, 3.05) is 0 Å². The summed E-state index contributed by atoms with van der Waals surface area (Å²) in [5, 5.41) is 11.3. The Labute approximate surface area is 115 Å². The van der Waals surface area contributed by atoms with Crippen LogP contribution in [0.25, 0.3) is 5.69 Å². The normalized spacial score (nSPS) is 11.3. The zero-order valence-electron chi connectivity index (χ0n) is 11.3. The minimum Gasteiger partial charge on any atom is -0.435 e. The number of hydrogen-bond acceptors (Lipinski definition) is 4. The summed E-state index contributed by atoms with van der Waals surface area (Å²) in [7, 11) is 0. The lowest BCUT2D eigenvalue weighted by Gasteiger charge is -2.05. The van der Waals surface area contributed by atoms with E-state index in [1.165, 1.54) is 12.1 Å². The molecule has 5 nitrogen and oxygen atoms in total. The third kappa shape index (κ3) is 3.99. The van der Waals surface area contributed by atoms with Gasteiger partial charge in [0.1, 0.15) is 5.75 Å². The molecule has 0 amide bonds. The van der Waals surface area contributed by atoms with E-state index in [9.17, 15) is 8.78 Å². The predicted octanol–water partition coefficient (Wildman–Crippen LogP) is 2.37. The van der Waals surface area contributed by atoms with E-state index in [1.807, 2.05) is 13.8 Å². The Morgan fingerprint density at radius 2 is 1.95 bits per heavy atom. The van der Waals surface area contributed by atoms with Crippen molar-refractivity contribution in [3.63, 3.8) is 0 Å². The molecule has 0 radical (unpaired) electrons. The first-order valence-corrected chi connectivity index (χ1v) is 6.24. The largest absolute Gasteiger partial charge is 0.435 e. The van der Waals surface area contributed by atoms with Crippen molar-refractivity contribution in [1.82, 2.24) is 20.3 Å². The molecular weight excluding hydrogens is 266 g/mol. The fourth-order valence-corrected chi connectivity index (χ4v) is 1.59. The smallest absolute Gasteiger partial charge is 0.387 e. The van der Waals surface area contributed by atoms with Crippen molar-refractivity contribution >= 4 is 0 Å². The van der Waals surface area contributed by atoms with Crippen LogP contribution in [-0.4, -0.2) is 27.6 Å². The second-order valence-electron chi connectivity index (χ2n) is 4.56. The Morgan fingerprint density at radius 1 is 1.25 bits per heavy atom. The molecule has 0 aliphatic rings. The topological polar surface area (TPSA) is 52.0 Å². The van der Waals surface area contributed by atoms with Crippen molar-refractivity contribution in [2.24, 2.45) is 0 Å². The molecule has 2 aromatic rings. The number of rotatable bonds is 6. The van der Waals surface area contributed by atoms with Gasteiger partial charge in [-0.15, -0.1) is 5.10 Å². The van der Waals surface area contributed by atoms with Crippen LogP contribution in [-0.2, 0) is 6.54 Å². The standard InChI is InChI=1S/C13H16F2N4O/c1-9(2)16-7-10-8-19(18-17-10)11-3-5-12(6-4-11)20-13(14)15/h3-6,8-9,13,16H,7H2,1-2H3. The van der Waals surface area contributed by atoms with Gasteiger partial charge in [-0.05, 0) is 24.3 Å². The minimum absolute atomic E-state index is 0.116. The van der Waals surface area contributed by atoms with Gasteiger partial charge in [-0.25, -0.2) is 4.68 Å². The molecule has 1 aromatic carbocycles.